The molecule has 0 atom stereocenters. The van der Waals surface area contributed by atoms with Gasteiger partial charge in [0.15, 0.2) is 0 Å². The summed E-state index contributed by atoms with van der Waals surface area (Å²) in [7, 11) is 0. The van der Waals surface area contributed by atoms with E-state index in [4.69, 9.17) is 5.73 Å². The minimum absolute atomic E-state index is 0.166. The molecule has 0 aliphatic rings. The lowest BCUT2D eigenvalue weighted by Crippen LogP contribution is -2.18. The zero-order valence-electron chi connectivity index (χ0n) is 9.64. The van der Waals surface area contributed by atoms with Gasteiger partial charge in [0.25, 0.3) is 5.91 Å². The minimum atomic E-state index is -0.331. The van der Waals surface area contributed by atoms with Crippen molar-refractivity contribution in [2.24, 2.45) is 0 Å². The summed E-state index contributed by atoms with van der Waals surface area (Å²) in [6.07, 6.45) is 3.03. The monoisotopic (exact) mass is 234 g/mol. The Kier molecular flexibility index (Phi) is 2.82. The van der Waals surface area contributed by atoms with E-state index in [1.807, 2.05) is 13.8 Å². The number of amides is 1. The van der Waals surface area contributed by atoms with Gasteiger partial charge in [0.1, 0.15) is 11.5 Å². The van der Waals surface area contributed by atoms with Gasteiger partial charge in [-0.15, -0.1) is 0 Å². The highest BCUT2D eigenvalue weighted by Crippen LogP contribution is 2.15. The van der Waals surface area contributed by atoms with Crippen LogP contribution in [0.5, 0.6) is 0 Å². The number of aromatic nitrogens is 4. The van der Waals surface area contributed by atoms with E-state index in [-0.39, 0.29) is 17.6 Å². The van der Waals surface area contributed by atoms with E-state index in [2.05, 4.69) is 20.6 Å². The van der Waals surface area contributed by atoms with E-state index in [1.54, 1.807) is 16.9 Å². The smallest absolute Gasteiger partial charge is 0.276 e. The van der Waals surface area contributed by atoms with Gasteiger partial charge in [-0.25, -0.2) is 4.68 Å². The molecule has 0 saturated carbocycles. The lowest BCUT2D eigenvalue weighted by molar-refractivity contribution is 0.102. The molecule has 17 heavy (non-hydrogen) atoms. The van der Waals surface area contributed by atoms with E-state index < -0.39 is 0 Å². The van der Waals surface area contributed by atoms with Crippen LogP contribution >= 0.6 is 0 Å². The number of carbonyl (C=O) groups is 1. The number of anilines is 2. The molecule has 0 radical (unpaired) electrons. The third-order valence-corrected chi connectivity index (χ3v) is 2.30. The largest absolute Gasteiger partial charge is 0.396 e. The number of carbonyl (C=O) groups excluding carboxylic acids is 1. The van der Waals surface area contributed by atoms with Crippen molar-refractivity contribution in [3.05, 3.63) is 24.2 Å². The Balaban J connectivity index is 2.19. The van der Waals surface area contributed by atoms with Crippen LogP contribution in [0, 0.1) is 0 Å². The molecule has 2 heterocycles. The topological polar surface area (TPSA) is 102 Å². The first-order chi connectivity index (χ1) is 8.09. The van der Waals surface area contributed by atoms with Gasteiger partial charge in [-0.05, 0) is 13.8 Å². The van der Waals surface area contributed by atoms with Crippen LogP contribution < -0.4 is 11.1 Å². The second-order valence-corrected chi connectivity index (χ2v) is 3.91. The van der Waals surface area contributed by atoms with Gasteiger partial charge < -0.3 is 11.1 Å². The third kappa shape index (κ3) is 2.12. The number of H-pyrrole nitrogens is 1. The molecular formula is C10H14N6O. The highest BCUT2D eigenvalue weighted by atomic mass is 16.2. The second kappa shape index (κ2) is 4.28. The SMILES string of the molecule is CC(C)n1nccc1NC(=O)c1[nH]ncc1N. The number of rotatable bonds is 3. The highest BCUT2D eigenvalue weighted by molar-refractivity contribution is 6.05. The number of nitrogens with two attached hydrogens (primary N) is 1. The van der Waals surface area contributed by atoms with Gasteiger partial charge in [-0.1, -0.05) is 0 Å². The van der Waals surface area contributed by atoms with Crippen molar-refractivity contribution in [1.29, 1.82) is 0 Å². The van der Waals surface area contributed by atoms with Crippen LogP contribution in [0.1, 0.15) is 30.4 Å². The molecule has 4 N–H and O–H groups in total. The summed E-state index contributed by atoms with van der Waals surface area (Å²) in [4.78, 5) is 11.9. The molecule has 2 aromatic heterocycles. The summed E-state index contributed by atoms with van der Waals surface area (Å²) in [6, 6.07) is 1.89. The Hall–Kier alpha value is -2.31. The molecule has 0 saturated heterocycles. The van der Waals surface area contributed by atoms with Crippen molar-refractivity contribution < 1.29 is 4.79 Å². The van der Waals surface area contributed by atoms with Crippen LogP contribution in [0.25, 0.3) is 0 Å². The van der Waals surface area contributed by atoms with Gasteiger partial charge in [0.05, 0.1) is 18.1 Å². The van der Waals surface area contributed by atoms with E-state index in [0.717, 1.165) is 0 Å². The molecule has 0 bridgehead atoms. The third-order valence-electron chi connectivity index (χ3n) is 2.30. The molecule has 2 rings (SSSR count). The molecule has 0 aliphatic carbocycles. The predicted molar refractivity (Wildman–Crippen MR) is 63.6 cm³/mol. The molecule has 7 heteroatoms. The van der Waals surface area contributed by atoms with Crippen LogP contribution in [0.15, 0.2) is 18.5 Å². The van der Waals surface area contributed by atoms with Crippen LogP contribution in [0.3, 0.4) is 0 Å². The van der Waals surface area contributed by atoms with E-state index in [9.17, 15) is 4.79 Å². The van der Waals surface area contributed by atoms with E-state index in [1.165, 1.54) is 6.20 Å². The lowest BCUT2D eigenvalue weighted by atomic mass is 10.3. The van der Waals surface area contributed by atoms with Crippen molar-refractivity contribution >= 4 is 17.4 Å². The number of nitrogens with one attached hydrogen (secondary N) is 2. The molecule has 0 fully saturated rings. The molecule has 7 nitrogen and oxygen atoms in total. The number of hydrogen-bond acceptors (Lipinski definition) is 4. The normalized spacial score (nSPS) is 10.8. The van der Waals surface area contributed by atoms with Gasteiger partial charge in [0, 0.05) is 12.1 Å². The maximum absolute atomic E-state index is 11.9. The Morgan fingerprint density at radius 3 is 2.94 bits per heavy atom. The molecule has 1 amide bonds. The summed E-state index contributed by atoms with van der Waals surface area (Å²) in [5, 5.41) is 13.1. The first-order valence-corrected chi connectivity index (χ1v) is 5.23. The van der Waals surface area contributed by atoms with Crippen molar-refractivity contribution in [3.63, 3.8) is 0 Å². The maximum atomic E-state index is 11.9. The summed E-state index contributed by atoms with van der Waals surface area (Å²) >= 11 is 0. The summed E-state index contributed by atoms with van der Waals surface area (Å²) in [6.45, 7) is 3.96. The second-order valence-electron chi connectivity index (χ2n) is 3.91. The van der Waals surface area contributed by atoms with Crippen molar-refractivity contribution in [1.82, 2.24) is 20.0 Å². The fourth-order valence-corrected chi connectivity index (χ4v) is 1.48. The highest BCUT2D eigenvalue weighted by Gasteiger charge is 2.14. The zero-order chi connectivity index (χ0) is 12.4. The maximum Gasteiger partial charge on any atom is 0.276 e. The van der Waals surface area contributed by atoms with Crippen LogP contribution in [0.4, 0.5) is 11.5 Å². The van der Waals surface area contributed by atoms with Crippen LogP contribution in [-0.4, -0.2) is 25.9 Å². The predicted octanol–water partition coefficient (Wildman–Crippen LogP) is 1.02. The van der Waals surface area contributed by atoms with Crippen molar-refractivity contribution in [2.75, 3.05) is 11.1 Å². The number of nitrogen functional groups attached to an aromatic ring is 1. The molecule has 90 valence electrons. The summed E-state index contributed by atoms with van der Waals surface area (Å²) in [5.74, 6) is 0.293. The quantitative estimate of drug-likeness (QED) is 0.737. The molecule has 0 aromatic carbocycles. The van der Waals surface area contributed by atoms with Gasteiger partial charge in [-0.3, -0.25) is 9.89 Å². The Bertz CT molecular complexity index is 526. The number of aromatic amines is 1. The average molecular weight is 234 g/mol. The Labute approximate surface area is 98.0 Å². The van der Waals surface area contributed by atoms with Crippen molar-refractivity contribution in [3.8, 4) is 0 Å². The van der Waals surface area contributed by atoms with Crippen LogP contribution in [0.2, 0.25) is 0 Å². The first kappa shape index (κ1) is 11.2. The number of hydrogen-bond donors (Lipinski definition) is 3. The molecule has 0 aliphatic heterocycles. The first-order valence-electron chi connectivity index (χ1n) is 5.23. The van der Waals surface area contributed by atoms with Gasteiger partial charge in [-0.2, -0.15) is 10.2 Å². The lowest BCUT2D eigenvalue weighted by Gasteiger charge is -2.11. The molecular weight excluding hydrogens is 220 g/mol. The number of nitrogens with zero attached hydrogens (tertiary/aromatic N) is 3. The van der Waals surface area contributed by atoms with Gasteiger partial charge in [0.2, 0.25) is 0 Å². The molecule has 0 spiro atoms. The fourth-order valence-electron chi connectivity index (χ4n) is 1.48. The molecule has 2 aromatic rings. The molecule has 0 unspecified atom stereocenters. The zero-order valence-corrected chi connectivity index (χ0v) is 9.64. The average Bonchev–Trinajstić information content (AvgIpc) is 2.86. The fraction of sp³-hybridized carbons (Fsp3) is 0.300. The summed E-state index contributed by atoms with van der Waals surface area (Å²) < 4.78 is 1.71. The Morgan fingerprint density at radius 2 is 2.35 bits per heavy atom. The van der Waals surface area contributed by atoms with Crippen LogP contribution in [-0.2, 0) is 0 Å². The standard InChI is InChI=1S/C10H14N6O/c1-6(2)16-8(3-4-13-16)14-10(17)9-7(11)5-12-15-9/h3-6H,11H2,1-2H3,(H,12,15)(H,14,17). The summed E-state index contributed by atoms with van der Waals surface area (Å²) in [5.41, 5.74) is 6.16. The van der Waals surface area contributed by atoms with Crippen molar-refractivity contribution in [2.45, 2.75) is 19.9 Å². The van der Waals surface area contributed by atoms with E-state index >= 15 is 0 Å². The Morgan fingerprint density at radius 1 is 1.59 bits per heavy atom. The van der Waals surface area contributed by atoms with E-state index in [0.29, 0.717) is 11.5 Å². The minimum Gasteiger partial charge on any atom is -0.396 e. The van der Waals surface area contributed by atoms with Gasteiger partial charge >= 0.3 is 0 Å².